The summed E-state index contributed by atoms with van der Waals surface area (Å²) < 4.78 is 0. The summed E-state index contributed by atoms with van der Waals surface area (Å²) in [5, 5.41) is 3.19. The van der Waals surface area contributed by atoms with Crippen LogP contribution in [0.2, 0.25) is 0 Å². The topological polar surface area (TPSA) is 6.48 Å². The zero-order valence-electron chi connectivity index (χ0n) is 6.29. The molecule has 56 valence electrons. The molecule has 0 amide bonds. The molecule has 2 nitrogen and oxygen atoms in total. The second kappa shape index (κ2) is 4.39. The number of hydrogen-bond acceptors (Lipinski definition) is 2. The molecular formula is C6H10N2S2. The van der Waals surface area contributed by atoms with Crippen molar-refractivity contribution in [3.8, 4) is 0 Å². The molecule has 0 aromatic heterocycles. The van der Waals surface area contributed by atoms with Crippen LogP contribution in [0.4, 0.5) is 0 Å². The molecule has 0 bridgehead atoms. The third-order valence-corrected chi connectivity index (χ3v) is 1.69. The molecule has 0 aromatic rings. The zero-order valence-corrected chi connectivity index (χ0v) is 7.92. The Bertz CT molecular complexity index is 171. The lowest BCUT2D eigenvalue weighted by molar-refractivity contribution is 0.531. The van der Waals surface area contributed by atoms with E-state index in [1.165, 1.54) is 0 Å². The van der Waals surface area contributed by atoms with E-state index in [1.807, 2.05) is 26.0 Å². The van der Waals surface area contributed by atoms with E-state index in [9.17, 15) is 0 Å². The molecule has 0 heterocycles. The highest BCUT2D eigenvalue weighted by atomic mass is 32.1. The van der Waals surface area contributed by atoms with Gasteiger partial charge in [0, 0.05) is 21.1 Å². The van der Waals surface area contributed by atoms with Gasteiger partial charge in [0.05, 0.1) is 6.20 Å². The van der Waals surface area contributed by atoms with Gasteiger partial charge < -0.3 is 9.80 Å². The van der Waals surface area contributed by atoms with Gasteiger partial charge in [0.25, 0.3) is 0 Å². The Labute approximate surface area is 72.1 Å². The first-order chi connectivity index (χ1) is 4.59. The molecule has 0 aliphatic rings. The Kier molecular flexibility index (Phi) is 4.19. The Balaban J connectivity index is 4.07. The summed E-state index contributed by atoms with van der Waals surface area (Å²) in [4.78, 5) is 3.57. The van der Waals surface area contributed by atoms with Crippen LogP contribution in [0.25, 0.3) is 0 Å². The first-order valence-corrected chi connectivity index (χ1v) is 3.56. The molecule has 0 fully saturated rings. The summed E-state index contributed by atoms with van der Waals surface area (Å²) in [5.74, 6) is 0. The lowest BCUT2D eigenvalue weighted by Crippen LogP contribution is -2.32. The van der Waals surface area contributed by atoms with Crippen LogP contribution in [0.5, 0.6) is 0 Å². The fourth-order valence-corrected chi connectivity index (χ4v) is 0.661. The summed E-state index contributed by atoms with van der Waals surface area (Å²) in [6.45, 7) is 0. The maximum atomic E-state index is 5.00. The van der Waals surface area contributed by atoms with Gasteiger partial charge in [-0.1, -0.05) is 0 Å². The van der Waals surface area contributed by atoms with E-state index in [0.717, 1.165) is 5.11 Å². The maximum absolute atomic E-state index is 5.00. The summed E-state index contributed by atoms with van der Waals surface area (Å²) >= 11 is 9.51. The van der Waals surface area contributed by atoms with E-state index in [0.29, 0.717) is 0 Å². The third kappa shape index (κ3) is 2.92. The second-order valence-corrected chi connectivity index (χ2v) is 2.64. The highest BCUT2D eigenvalue weighted by molar-refractivity contribution is 7.80. The number of rotatable bonds is 1. The summed E-state index contributed by atoms with van der Waals surface area (Å²) in [6.07, 6.45) is 1.62. The van der Waals surface area contributed by atoms with Crippen LogP contribution in [0.15, 0.2) is 6.20 Å². The normalized spacial score (nSPS) is 7.90. The average Bonchev–Trinajstić information content (AvgIpc) is 1.87. The Morgan fingerprint density at radius 1 is 1.40 bits per heavy atom. The van der Waals surface area contributed by atoms with Crippen molar-refractivity contribution in [1.82, 2.24) is 9.80 Å². The number of nitrogens with zero attached hydrogens (tertiary/aromatic N) is 2. The molecule has 0 saturated heterocycles. The van der Waals surface area contributed by atoms with Gasteiger partial charge in [-0.15, -0.1) is 0 Å². The number of hydrogen-bond donors (Lipinski definition) is 0. The molecule has 0 rings (SSSR count). The van der Waals surface area contributed by atoms with Gasteiger partial charge >= 0.3 is 0 Å². The fraction of sp³-hybridized carbons (Fsp3) is 0.500. The summed E-state index contributed by atoms with van der Waals surface area (Å²) in [5.41, 5.74) is 0. The van der Waals surface area contributed by atoms with Gasteiger partial charge in [0.1, 0.15) is 0 Å². The van der Waals surface area contributed by atoms with Crippen LogP contribution in [0.3, 0.4) is 0 Å². The van der Waals surface area contributed by atoms with E-state index in [2.05, 4.69) is 17.2 Å². The quantitative estimate of drug-likeness (QED) is 0.544. The van der Waals surface area contributed by atoms with Crippen molar-refractivity contribution in [3.05, 3.63) is 6.20 Å². The second-order valence-electron chi connectivity index (χ2n) is 2.03. The maximum Gasteiger partial charge on any atom is 0.175 e. The Morgan fingerprint density at radius 3 is 2.20 bits per heavy atom. The molecule has 0 radical (unpaired) electrons. The van der Waals surface area contributed by atoms with Crippen molar-refractivity contribution in [2.75, 3.05) is 21.1 Å². The predicted octanol–water partition coefficient (Wildman–Crippen LogP) is 0.877. The van der Waals surface area contributed by atoms with Crippen molar-refractivity contribution >= 4 is 34.6 Å². The van der Waals surface area contributed by atoms with Crippen LogP contribution in [0, 0.1) is 0 Å². The van der Waals surface area contributed by atoms with E-state index >= 15 is 0 Å². The molecule has 0 aliphatic heterocycles. The number of thiocarbonyl (C=S) groups is 2. The van der Waals surface area contributed by atoms with Crippen molar-refractivity contribution < 1.29 is 0 Å². The van der Waals surface area contributed by atoms with E-state index < -0.39 is 0 Å². The van der Waals surface area contributed by atoms with E-state index in [4.69, 9.17) is 12.2 Å². The zero-order chi connectivity index (χ0) is 8.15. The minimum absolute atomic E-state index is 0.720. The molecule has 10 heavy (non-hydrogen) atoms. The largest absolute Gasteiger partial charge is 0.355 e. The van der Waals surface area contributed by atoms with Crippen molar-refractivity contribution in [2.45, 2.75) is 0 Å². The summed E-state index contributed by atoms with van der Waals surface area (Å²) in [7, 11) is 5.60. The van der Waals surface area contributed by atoms with Gasteiger partial charge in [0.2, 0.25) is 0 Å². The summed E-state index contributed by atoms with van der Waals surface area (Å²) in [6, 6.07) is 0. The Morgan fingerprint density at radius 2 is 1.90 bits per heavy atom. The SMILES string of the molecule is CN(C)C(=S)N(C)C=C=S. The first kappa shape index (κ1) is 9.56. The average molecular weight is 174 g/mol. The van der Waals surface area contributed by atoms with E-state index in [-0.39, 0.29) is 0 Å². The molecule has 4 heteroatoms. The molecule has 0 spiro atoms. The van der Waals surface area contributed by atoms with Gasteiger partial charge in [-0.2, -0.15) is 0 Å². The lowest BCUT2D eigenvalue weighted by Gasteiger charge is -2.20. The molecule has 0 aliphatic carbocycles. The first-order valence-electron chi connectivity index (χ1n) is 2.74. The van der Waals surface area contributed by atoms with Gasteiger partial charge in [-0.3, -0.25) is 0 Å². The molecule has 0 saturated carbocycles. The Hall–Kier alpha value is -0.440. The van der Waals surface area contributed by atoms with Crippen LogP contribution in [-0.2, 0) is 0 Å². The van der Waals surface area contributed by atoms with Crippen molar-refractivity contribution in [2.24, 2.45) is 0 Å². The minimum atomic E-state index is 0.720. The standard InChI is InChI=1S/C6H10N2S2/c1-7(2)6(10)8(3)4-5-9/h4H,1-3H3. The highest BCUT2D eigenvalue weighted by Crippen LogP contribution is 1.89. The molecule has 0 N–H and O–H groups in total. The third-order valence-electron chi connectivity index (χ3n) is 0.931. The van der Waals surface area contributed by atoms with Crippen molar-refractivity contribution in [1.29, 1.82) is 0 Å². The smallest absolute Gasteiger partial charge is 0.175 e. The van der Waals surface area contributed by atoms with Crippen molar-refractivity contribution in [3.63, 3.8) is 0 Å². The monoisotopic (exact) mass is 174 g/mol. The van der Waals surface area contributed by atoms with Crippen LogP contribution >= 0.6 is 24.4 Å². The van der Waals surface area contributed by atoms with Gasteiger partial charge in [0.15, 0.2) is 5.11 Å². The van der Waals surface area contributed by atoms with Crippen LogP contribution in [0.1, 0.15) is 0 Å². The molecular weight excluding hydrogens is 164 g/mol. The minimum Gasteiger partial charge on any atom is -0.355 e. The predicted molar refractivity (Wildman–Crippen MR) is 51.2 cm³/mol. The van der Waals surface area contributed by atoms with Gasteiger partial charge in [-0.05, 0) is 29.5 Å². The molecule has 0 unspecified atom stereocenters. The molecule has 0 aromatic carbocycles. The fourth-order valence-electron chi connectivity index (χ4n) is 0.450. The lowest BCUT2D eigenvalue weighted by atomic mass is 10.7. The van der Waals surface area contributed by atoms with Crippen LogP contribution in [-0.4, -0.2) is 41.1 Å². The van der Waals surface area contributed by atoms with Crippen LogP contribution < -0.4 is 0 Å². The molecule has 0 atom stereocenters. The van der Waals surface area contributed by atoms with Gasteiger partial charge in [-0.25, -0.2) is 0 Å². The van der Waals surface area contributed by atoms with E-state index in [1.54, 1.807) is 11.1 Å². The highest BCUT2D eigenvalue weighted by Gasteiger charge is 2.00.